The van der Waals surface area contributed by atoms with Gasteiger partial charge in [0.15, 0.2) is 5.75 Å². The Balaban J connectivity index is 1.55. The highest BCUT2D eigenvalue weighted by molar-refractivity contribution is 5.78. The van der Waals surface area contributed by atoms with Gasteiger partial charge in [-0.1, -0.05) is 95.0 Å². The van der Waals surface area contributed by atoms with Crippen LogP contribution in [0.15, 0.2) is 48.7 Å². The normalized spacial score (nSPS) is 10.5. The number of nitrogens with one attached hydrogen (secondary N) is 1. The van der Waals surface area contributed by atoms with Crippen molar-refractivity contribution in [1.29, 1.82) is 0 Å². The lowest BCUT2D eigenvalue weighted by molar-refractivity contribution is -0.142. The first-order valence-corrected chi connectivity index (χ1v) is 12.4. The molecule has 0 saturated heterocycles. The fourth-order valence-corrected chi connectivity index (χ4v) is 3.39. The molecule has 0 radical (unpaired) electrons. The molecule has 1 N–H and O–H groups in total. The Labute approximate surface area is 203 Å². The van der Waals surface area contributed by atoms with E-state index in [-0.39, 0.29) is 12.4 Å². The first-order chi connectivity index (χ1) is 16.7. The third-order valence-electron chi connectivity index (χ3n) is 5.30. The SMILES string of the molecule is CCCCCCCCCCCCOC(=O)CNC(=O)Oc1ncccc1OCc1ccccc1. The summed E-state index contributed by atoms with van der Waals surface area (Å²) in [6.07, 6.45) is 12.9. The van der Waals surface area contributed by atoms with Crippen molar-refractivity contribution in [3.05, 3.63) is 54.2 Å². The van der Waals surface area contributed by atoms with Gasteiger partial charge in [0.25, 0.3) is 5.88 Å². The van der Waals surface area contributed by atoms with Gasteiger partial charge in [0.1, 0.15) is 13.2 Å². The van der Waals surface area contributed by atoms with Gasteiger partial charge in [0.2, 0.25) is 0 Å². The van der Waals surface area contributed by atoms with Gasteiger partial charge in [-0.15, -0.1) is 0 Å². The first-order valence-electron chi connectivity index (χ1n) is 12.4. The van der Waals surface area contributed by atoms with Crippen LogP contribution in [0.2, 0.25) is 0 Å². The van der Waals surface area contributed by atoms with Crippen LogP contribution in [0.4, 0.5) is 4.79 Å². The highest BCUT2D eigenvalue weighted by atomic mass is 16.6. The molecule has 1 aromatic carbocycles. The molecule has 0 aliphatic carbocycles. The lowest BCUT2D eigenvalue weighted by Crippen LogP contribution is -2.33. The fourth-order valence-electron chi connectivity index (χ4n) is 3.39. The van der Waals surface area contributed by atoms with Gasteiger partial charge in [-0.05, 0) is 24.1 Å². The van der Waals surface area contributed by atoms with Gasteiger partial charge in [-0.3, -0.25) is 4.79 Å². The van der Waals surface area contributed by atoms with Crippen LogP contribution in [-0.2, 0) is 16.1 Å². The van der Waals surface area contributed by atoms with Gasteiger partial charge in [-0.25, -0.2) is 9.78 Å². The molecule has 7 nitrogen and oxygen atoms in total. The lowest BCUT2D eigenvalue weighted by atomic mass is 10.1. The molecular formula is C27H38N2O5. The summed E-state index contributed by atoms with van der Waals surface area (Å²) in [5.74, 6) is -0.117. The molecular weight excluding hydrogens is 432 g/mol. The number of amides is 1. The molecule has 0 aliphatic rings. The predicted molar refractivity (Wildman–Crippen MR) is 132 cm³/mol. The monoisotopic (exact) mass is 470 g/mol. The van der Waals surface area contributed by atoms with E-state index >= 15 is 0 Å². The molecule has 2 aromatic rings. The molecule has 2 rings (SSSR count). The van der Waals surface area contributed by atoms with Crippen molar-refractivity contribution in [3.8, 4) is 11.6 Å². The molecule has 0 saturated carbocycles. The molecule has 0 spiro atoms. The molecule has 34 heavy (non-hydrogen) atoms. The molecule has 1 amide bonds. The van der Waals surface area contributed by atoms with E-state index < -0.39 is 12.1 Å². The summed E-state index contributed by atoms with van der Waals surface area (Å²) < 4.78 is 16.1. The Morgan fingerprint density at radius 3 is 2.24 bits per heavy atom. The zero-order valence-corrected chi connectivity index (χ0v) is 20.3. The number of aromatic nitrogens is 1. The number of esters is 1. The second-order valence-corrected chi connectivity index (χ2v) is 8.23. The Morgan fingerprint density at radius 1 is 0.853 bits per heavy atom. The van der Waals surface area contributed by atoms with Gasteiger partial charge >= 0.3 is 12.1 Å². The molecule has 0 unspecified atom stereocenters. The smallest absolute Gasteiger partial charge is 0.414 e. The van der Waals surface area contributed by atoms with Gasteiger partial charge < -0.3 is 19.5 Å². The standard InChI is InChI=1S/C27H38N2O5/c1-2-3-4-5-6-7-8-9-10-14-20-32-25(30)21-29-27(31)34-26-24(18-15-19-28-26)33-22-23-16-12-11-13-17-23/h11-13,15-19H,2-10,14,20-22H2,1H3,(H,29,31). The van der Waals surface area contributed by atoms with Gasteiger partial charge in [-0.2, -0.15) is 0 Å². The summed E-state index contributed by atoms with van der Waals surface area (Å²) in [6.45, 7) is 2.65. The summed E-state index contributed by atoms with van der Waals surface area (Å²) >= 11 is 0. The lowest BCUT2D eigenvalue weighted by Gasteiger charge is -2.11. The van der Waals surface area contributed by atoms with E-state index in [2.05, 4.69) is 17.2 Å². The molecule has 0 aliphatic heterocycles. The van der Waals surface area contributed by atoms with Crippen molar-refractivity contribution in [3.63, 3.8) is 0 Å². The van der Waals surface area contributed by atoms with E-state index in [1.165, 1.54) is 51.1 Å². The van der Waals surface area contributed by atoms with Crippen molar-refractivity contribution < 1.29 is 23.8 Å². The maximum absolute atomic E-state index is 12.1. The largest absolute Gasteiger partial charge is 0.483 e. The number of ether oxygens (including phenoxy) is 3. The Morgan fingerprint density at radius 2 is 1.53 bits per heavy atom. The van der Waals surface area contributed by atoms with E-state index in [1.807, 2.05) is 30.3 Å². The van der Waals surface area contributed by atoms with Gasteiger partial charge in [0, 0.05) is 6.20 Å². The second kappa shape index (κ2) is 17.4. The third-order valence-corrected chi connectivity index (χ3v) is 5.30. The van der Waals surface area contributed by atoms with Crippen molar-refractivity contribution in [2.24, 2.45) is 0 Å². The molecule has 1 aromatic heterocycles. The number of benzene rings is 1. The number of unbranched alkanes of at least 4 members (excludes halogenated alkanes) is 9. The minimum Gasteiger partial charge on any atom is -0.483 e. The maximum atomic E-state index is 12.1. The number of hydrogen-bond donors (Lipinski definition) is 1. The quantitative estimate of drug-likeness (QED) is 0.218. The number of pyridine rings is 1. The number of carbonyl (C=O) groups excluding carboxylic acids is 2. The summed E-state index contributed by atoms with van der Waals surface area (Å²) in [4.78, 5) is 28.0. The Hall–Kier alpha value is -3.09. The molecule has 7 heteroatoms. The summed E-state index contributed by atoms with van der Waals surface area (Å²) in [7, 11) is 0. The van der Waals surface area contributed by atoms with Gasteiger partial charge in [0.05, 0.1) is 6.61 Å². The number of rotatable bonds is 17. The third kappa shape index (κ3) is 12.2. The zero-order valence-electron chi connectivity index (χ0n) is 20.3. The summed E-state index contributed by atoms with van der Waals surface area (Å²) in [5, 5.41) is 2.39. The second-order valence-electron chi connectivity index (χ2n) is 8.23. The Bertz CT molecular complexity index is 829. The topological polar surface area (TPSA) is 86.8 Å². The summed E-state index contributed by atoms with van der Waals surface area (Å²) in [5.41, 5.74) is 0.979. The molecule has 0 fully saturated rings. The van der Waals surface area contributed by atoms with Crippen molar-refractivity contribution in [2.75, 3.05) is 13.2 Å². The Kier molecular flexibility index (Phi) is 13.9. The average Bonchev–Trinajstić information content (AvgIpc) is 2.86. The van der Waals surface area contributed by atoms with Crippen LogP contribution in [0.5, 0.6) is 11.6 Å². The highest BCUT2D eigenvalue weighted by Crippen LogP contribution is 2.24. The van der Waals surface area contributed by atoms with Crippen LogP contribution in [0.3, 0.4) is 0 Å². The number of nitrogens with zero attached hydrogens (tertiary/aromatic N) is 1. The molecule has 1 heterocycles. The number of hydrogen-bond acceptors (Lipinski definition) is 6. The van der Waals surface area contributed by atoms with Crippen LogP contribution < -0.4 is 14.8 Å². The van der Waals surface area contributed by atoms with E-state index in [4.69, 9.17) is 14.2 Å². The fraction of sp³-hybridized carbons (Fsp3) is 0.519. The van der Waals surface area contributed by atoms with Crippen LogP contribution >= 0.6 is 0 Å². The maximum Gasteiger partial charge on any atom is 0.414 e. The first kappa shape index (κ1) is 27.2. The van der Waals surface area contributed by atoms with Crippen molar-refractivity contribution in [2.45, 2.75) is 77.7 Å². The van der Waals surface area contributed by atoms with Crippen molar-refractivity contribution >= 4 is 12.1 Å². The molecule has 186 valence electrons. The molecule has 0 atom stereocenters. The number of carbonyl (C=O) groups is 2. The zero-order chi connectivity index (χ0) is 24.3. The molecule has 0 bridgehead atoms. The van der Waals surface area contributed by atoms with E-state index in [9.17, 15) is 9.59 Å². The minimum atomic E-state index is -0.792. The van der Waals surface area contributed by atoms with E-state index in [0.29, 0.717) is 19.0 Å². The average molecular weight is 471 g/mol. The highest BCUT2D eigenvalue weighted by Gasteiger charge is 2.13. The van der Waals surface area contributed by atoms with Crippen LogP contribution in [0.1, 0.15) is 76.7 Å². The van der Waals surface area contributed by atoms with E-state index in [0.717, 1.165) is 24.8 Å². The van der Waals surface area contributed by atoms with Crippen molar-refractivity contribution in [1.82, 2.24) is 10.3 Å². The van der Waals surface area contributed by atoms with E-state index in [1.54, 1.807) is 12.1 Å². The van der Waals surface area contributed by atoms with Crippen LogP contribution in [-0.4, -0.2) is 30.2 Å². The predicted octanol–water partition coefficient (Wildman–Crippen LogP) is 6.21. The minimum absolute atomic E-state index is 0.0367. The van der Waals surface area contributed by atoms with Crippen LogP contribution in [0.25, 0.3) is 0 Å². The van der Waals surface area contributed by atoms with Crippen LogP contribution in [0, 0.1) is 0 Å². The summed E-state index contributed by atoms with van der Waals surface area (Å²) in [6, 6.07) is 13.0.